The third-order valence-corrected chi connectivity index (χ3v) is 0.701. The molecule has 6 heteroatoms. The first-order valence-corrected chi connectivity index (χ1v) is 2.36. The Kier molecular flexibility index (Phi) is 4.35. The van der Waals surface area contributed by atoms with Gasteiger partial charge in [0.25, 0.3) is 0 Å². The molecule has 50 valence electrons. The maximum atomic E-state index is 7.90. The van der Waals surface area contributed by atoms with Gasteiger partial charge in [0, 0.05) is 16.4 Å². The van der Waals surface area contributed by atoms with E-state index in [2.05, 4.69) is 26.0 Å². The maximum absolute atomic E-state index is 7.90. The third kappa shape index (κ3) is 3.22. The zero-order valence-electron chi connectivity index (χ0n) is 5.05. The van der Waals surface area contributed by atoms with Crippen molar-refractivity contribution in [3.05, 3.63) is 20.9 Å². The third-order valence-electron chi connectivity index (χ3n) is 0.701. The quantitative estimate of drug-likeness (QED) is 0.244. The van der Waals surface area contributed by atoms with Crippen molar-refractivity contribution in [2.24, 2.45) is 10.2 Å². The van der Waals surface area contributed by atoms with Gasteiger partial charge in [0.15, 0.2) is 0 Å². The standard InChI is InChI=1S/C4H4N6/c1-2-4(8-10-6)3-7-9-5/h1,4H,3H2. The van der Waals surface area contributed by atoms with Crippen molar-refractivity contribution in [3.63, 3.8) is 0 Å². The van der Waals surface area contributed by atoms with Crippen LogP contribution in [0.4, 0.5) is 0 Å². The summed E-state index contributed by atoms with van der Waals surface area (Å²) in [6.45, 7) is 0.0110. The van der Waals surface area contributed by atoms with Crippen molar-refractivity contribution in [1.29, 1.82) is 0 Å². The van der Waals surface area contributed by atoms with Crippen LogP contribution >= 0.6 is 0 Å². The molecule has 0 N–H and O–H groups in total. The first-order valence-electron chi connectivity index (χ1n) is 2.36. The van der Waals surface area contributed by atoms with E-state index in [-0.39, 0.29) is 6.54 Å². The summed E-state index contributed by atoms with van der Waals surface area (Å²) >= 11 is 0. The minimum Gasteiger partial charge on any atom is -0.120 e. The molecule has 0 radical (unpaired) electrons. The fourth-order valence-electron chi connectivity index (χ4n) is 0.299. The molecule has 0 aliphatic heterocycles. The summed E-state index contributed by atoms with van der Waals surface area (Å²) < 4.78 is 0. The molecule has 0 saturated heterocycles. The lowest BCUT2D eigenvalue weighted by molar-refractivity contribution is 0.833. The Morgan fingerprint density at radius 1 is 1.50 bits per heavy atom. The molecule has 0 fully saturated rings. The van der Waals surface area contributed by atoms with Crippen molar-refractivity contribution < 1.29 is 0 Å². The second-order valence-corrected chi connectivity index (χ2v) is 1.30. The molecular formula is C4H4N6. The van der Waals surface area contributed by atoms with E-state index in [1.54, 1.807) is 0 Å². The first-order chi connectivity index (χ1) is 4.85. The average molecular weight is 136 g/mol. The SMILES string of the molecule is C#CC(CN=[N+]=[N-])N=[N+]=[N-]. The molecule has 0 amide bonds. The molecule has 1 atom stereocenters. The van der Waals surface area contributed by atoms with Gasteiger partial charge in [-0.1, -0.05) is 16.1 Å². The van der Waals surface area contributed by atoms with Crippen LogP contribution in [0, 0.1) is 12.3 Å². The number of terminal acetylenes is 1. The van der Waals surface area contributed by atoms with Crippen molar-refractivity contribution in [3.8, 4) is 12.3 Å². The highest BCUT2D eigenvalue weighted by Gasteiger charge is 1.96. The van der Waals surface area contributed by atoms with E-state index >= 15 is 0 Å². The molecule has 0 aliphatic carbocycles. The number of azide groups is 2. The van der Waals surface area contributed by atoms with Gasteiger partial charge in [-0.2, -0.15) is 0 Å². The molecule has 6 nitrogen and oxygen atoms in total. The Hall–Kier alpha value is -1.82. The molecule has 0 bridgehead atoms. The van der Waals surface area contributed by atoms with E-state index in [1.807, 2.05) is 0 Å². The Balaban J connectivity index is 3.98. The minimum atomic E-state index is -0.666. The number of nitrogens with zero attached hydrogens (tertiary/aromatic N) is 6. The molecule has 0 aromatic heterocycles. The minimum absolute atomic E-state index is 0.0110. The van der Waals surface area contributed by atoms with Gasteiger partial charge in [-0.3, -0.25) is 0 Å². The average Bonchev–Trinajstić information content (AvgIpc) is 1.98. The highest BCUT2D eigenvalue weighted by atomic mass is 15.2. The molecular weight excluding hydrogens is 132 g/mol. The van der Waals surface area contributed by atoms with Crippen LogP contribution in [0.15, 0.2) is 10.2 Å². The van der Waals surface area contributed by atoms with Crippen molar-refractivity contribution in [2.45, 2.75) is 6.04 Å². The second kappa shape index (κ2) is 5.32. The highest BCUT2D eigenvalue weighted by Crippen LogP contribution is 1.89. The Morgan fingerprint density at radius 2 is 2.20 bits per heavy atom. The largest absolute Gasteiger partial charge is 0.120 e. The summed E-state index contributed by atoms with van der Waals surface area (Å²) in [5.41, 5.74) is 15.7. The number of hydrogen-bond donors (Lipinski definition) is 0. The van der Waals surface area contributed by atoms with Crippen LogP contribution in [-0.2, 0) is 0 Å². The van der Waals surface area contributed by atoms with Gasteiger partial charge in [-0.05, 0) is 11.1 Å². The molecule has 0 aromatic carbocycles. The van der Waals surface area contributed by atoms with E-state index in [4.69, 9.17) is 17.5 Å². The summed E-state index contributed by atoms with van der Waals surface area (Å²) in [5, 5.41) is 6.29. The van der Waals surface area contributed by atoms with Crippen LogP contribution in [0.3, 0.4) is 0 Å². The fourth-order valence-corrected chi connectivity index (χ4v) is 0.299. The van der Waals surface area contributed by atoms with E-state index in [9.17, 15) is 0 Å². The smallest absolute Gasteiger partial charge is 0.104 e. The van der Waals surface area contributed by atoms with E-state index in [1.165, 1.54) is 0 Å². The van der Waals surface area contributed by atoms with E-state index in [0.717, 1.165) is 0 Å². The molecule has 1 unspecified atom stereocenters. The zero-order chi connectivity index (χ0) is 7.82. The molecule has 10 heavy (non-hydrogen) atoms. The lowest BCUT2D eigenvalue weighted by Gasteiger charge is -1.92. The molecule has 0 rings (SSSR count). The van der Waals surface area contributed by atoms with Gasteiger partial charge in [0.05, 0.1) is 0 Å². The summed E-state index contributed by atoms with van der Waals surface area (Å²) in [6.07, 6.45) is 4.90. The Morgan fingerprint density at radius 3 is 2.60 bits per heavy atom. The second-order valence-electron chi connectivity index (χ2n) is 1.30. The van der Waals surface area contributed by atoms with Gasteiger partial charge in [-0.25, -0.2) is 0 Å². The van der Waals surface area contributed by atoms with Crippen LogP contribution in [0.1, 0.15) is 0 Å². The lowest BCUT2D eigenvalue weighted by atomic mass is 10.3. The highest BCUT2D eigenvalue weighted by molar-refractivity contribution is 5.00. The van der Waals surface area contributed by atoms with Gasteiger partial charge >= 0.3 is 0 Å². The predicted molar refractivity (Wildman–Crippen MR) is 35.8 cm³/mol. The summed E-state index contributed by atoms with van der Waals surface area (Å²) in [6, 6.07) is -0.666. The molecule has 0 heterocycles. The van der Waals surface area contributed by atoms with Gasteiger partial charge in [0.1, 0.15) is 6.04 Å². The molecule has 0 saturated carbocycles. The van der Waals surface area contributed by atoms with Gasteiger partial charge in [-0.15, -0.1) is 6.42 Å². The van der Waals surface area contributed by atoms with Gasteiger partial charge in [0.2, 0.25) is 0 Å². The van der Waals surface area contributed by atoms with Crippen molar-refractivity contribution in [2.75, 3.05) is 6.54 Å². The summed E-state index contributed by atoms with van der Waals surface area (Å²) in [5.74, 6) is 2.15. The number of rotatable bonds is 3. The Bertz CT molecular complexity index is 225. The number of hydrogen-bond acceptors (Lipinski definition) is 2. The zero-order valence-corrected chi connectivity index (χ0v) is 5.05. The van der Waals surface area contributed by atoms with Crippen LogP contribution in [-0.4, -0.2) is 12.6 Å². The van der Waals surface area contributed by atoms with Crippen LogP contribution < -0.4 is 0 Å². The first kappa shape index (κ1) is 8.18. The van der Waals surface area contributed by atoms with Crippen molar-refractivity contribution in [1.82, 2.24) is 0 Å². The lowest BCUT2D eigenvalue weighted by Crippen LogP contribution is -2.02. The molecule has 0 aromatic rings. The van der Waals surface area contributed by atoms with Crippen LogP contribution in [0.5, 0.6) is 0 Å². The van der Waals surface area contributed by atoms with E-state index in [0.29, 0.717) is 0 Å². The topological polar surface area (TPSA) is 97.5 Å². The molecule has 0 aliphatic rings. The maximum Gasteiger partial charge on any atom is 0.104 e. The van der Waals surface area contributed by atoms with Crippen molar-refractivity contribution >= 4 is 0 Å². The molecule has 0 spiro atoms. The van der Waals surface area contributed by atoms with E-state index < -0.39 is 6.04 Å². The fraction of sp³-hybridized carbons (Fsp3) is 0.500. The Labute approximate surface area is 57.1 Å². The summed E-state index contributed by atoms with van der Waals surface area (Å²) in [7, 11) is 0. The van der Waals surface area contributed by atoms with Gasteiger partial charge < -0.3 is 0 Å². The normalized spacial score (nSPS) is 9.90. The van der Waals surface area contributed by atoms with Crippen LogP contribution in [0.2, 0.25) is 0 Å². The van der Waals surface area contributed by atoms with Crippen LogP contribution in [0.25, 0.3) is 20.9 Å². The predicted octanol–water partition coefficient (Wildman–Crippen LogP) is 1.61. The summed E-state index contributed by atoms with van der Waals surface area (Å²) in [4.78, 5) is 4.91. The monoisotopic (exact) mass is 136 g/mol.